The number of hydrogen-bond acceptors (Lipinski definition) is 0. The van der Waals surface area contributed by atoms with Crippen molar-refractivity contribution in [3.8, 4) is 0 Å². The van der Waals surface area contributed by atoms with Gasteiger partial charge in [0, 0.05) is 23.3 Å². The van der Waals surface area contributed by atoms with Crippen LogP contribution >= 0.6 is 0 Å². The summed E-state index contributed by atoms with van der Waals surface area (Å²) in [5, 5.41) is 0. The van der Waals surface area contributed by atoms with Crippen LogP contribution in [-0.2, 0) is 0 Å². The Morgan fingerprint density at radius 2 is 1.32 bits per heavy atom. The molecule has 1 aliphatic rings. The first kappa shape index (κ1) is 14.0. The van der Waals surface area contributed by atoms with E-state index in [0.717, 1.165) is 22.3 Å². The molecule has 0 amide bonds. The van der Waals surface area contributed by atoms with Gasteiger partial charge >= 0.3 is 0 Å². The molecule has 0 fully saturated rings. The normalized spacial score (nSPS) is 13.9. The van der Waals surface area contributed by atoms with Crippen LogP contribution in [0.25, 0.3) is 5.57 Å². The predicted octanol–water partition coefficient (Wildman–Crippen LogP) is 4.38. The van der Waals surface area contributed by atoms with E-state index < -0.39 is 0 Å². The van der Waals surface area contributed by atoms with E-state index >= 15 is 0 Å². The number of nitrogens with one attached hydrogen (secondary N) is 2. The molecule has 0 unspecified atom stereocenters. The molecule has 2 aromatic carbocycles. The van der Waals surface area contributed by atoms with Gasteiger partial charge in [-0.15, -0.1) is 5.73 Å². The lowest BCUT2D eigenvalue weighted by Crippen LogP contribution is -1.99. The minimum absolute atomic E-state index is 0.431. The average molecular weight is 284 g/mol. The molecule has 0 aromatic heterocycles. The van der Waals surface area contributed by atoms with E-state index in [9.17, 15) is 0 Å². The molecule has 22 heavy (non-hydrogen) atoms. The van der Waals surface area contributed by atoms with Crippen molar-refractivity contribution in [1.29, 1.82) is 0 Å². The topological polar surface area (TPSA) is 47.6 Å². The van der Waals surface area contributed by atoms with Crippen LogP contribution in [0.2, 0.25) is 0 Å². The van der Waals surface area contributed by atoms with Crippen LogP contribution < -0.4 is 11.5 Å². The van der Waals surface area contributed by atoms with Gasteiger partial charge in [-0.25, -0.2) is 0 Å². The molecular weight excluding hydrogens is 268 g/mol. The maximum absolute atomic E-state index is 8.06. The Morgan fingerprint density at radius 1 is 0.773 bits per heavy atom. The van der Waals surface area contributed by atoms with Gasteiger partial charge in [-0.3, -0.25) is 5.73 Å². The average Bonchev–Trinajstić information content (AvgIpc) is 2.57. The highest BCUT2D eigenvalue weighted by molar-refractivity contribution is 5.80. The maximum atomic E-state index is 8.06. The van der Waals surface area contributed by atoms with E-state index in [0.29, 0.717) is 17.8 Å². The van der Waals surface area contributed by atoms with Crippen LogP contribution in [0, 0.1) is 0 Å². The Hall–Kier alpha value is -2.96. The minimum Gasteiger partial charge on any atom is -0.305 e. The monoisotopic (exact) mass is 284 g/mol. The standard InChI is InChI=1S/C20H16N2/c21-18-11-12-20(22)17(13-18)14-19(15-7-3-1-4-8-15)16-9-5-2-6-10-16/h1-12,21-22H,13H2. The van der Waals surface area contributed by atoms with Crippen LogP contribution in [-0.4, -0.2) is 0 Å². The Morgan fingerprint density at radius 3 is 1.86 bits per heavy atom. The van der Waals surface area contributed by atoms with E-state index in [4.69, 9.17) is 11.5 Å². The number of rotatable bonds is 2. The molecule has 3 rings (SSSR count). The summed E-state index contributed by atoms with van der Waals surface area (Å²) in [6.45, 7) is 0. The molecule has 2 nitrogen and oxygen atoms in total. The van der Waals surface area contributed by atoms with Crippen molar-refractivity contribution in [2.75, 3.05) is 0 Å². The SMILES string of the molecule is [NH]C1=CC=C([NH])C(=C=C(c2ccccc2)c2ccccc2)C1. The molecule has 0 saturated heterocycles. The van der Waals surface area contributed by atoms with Crippen LogP contribution in [0.4, 0.5) is 0 Å². The molecule has 2 aromatic rings. The van der Waals surface area contributed by atoms with E-state index in [2.05, 4.69) is 5.73 Å². The van der Waals surface area contributed by atoms with Gasteiger partial charge in [-0.05, 0) is 23.3 Å². The highest BCUT2D eigenvalue weighted by atomic mass is 14.6. The zero-order valence-electron chi connectivity index (χ0n) is 12.1. The van der Waals surface area contributed by atoms with Crippen molar-refractivity contribution in [2.45, 2.75) is 6.42 Å². The summed E-state index contributed by atoms with van der Waals surface area (Å²) in [4.78, 5) is 0. The third-order valence-corrected chi connectivity index (χ3v) is 3.54. The first-order valence-corrected chi connectivity index (χ1v) is 7.19. The Balaban J connectivity index is 2.21. The fourth-order valence-electron chi connectivity index (χ4n) is 2.41. The number of benzene rings is 2. The fraction of sp³-hybridized carbons (Fsp3) is 0.0500. The molecule has 1 aliphatic carbocycles. The van der Waals surface area contributed by atoms with Gasteiger partial charge in [0.05, 0.1) is 5.70 Å². The van der Waals surface area contributed by atoms with E-state index in [1.165, 1.54) is 0 Å². The third kappa shape index (κ3) is 3.03. The summed E-state index contributed by atoms with van der Waals surface area (Å²) < 4.78 is 0. The Bertz CT molecular complexity index is 749. The van der Waals surface area contributed by atoms with Crippen LogP contribution in [0.15, 0.2) is 95.5 Å². The van der Waals surface area contributed by atoms with Gasteiger partial charge in [-0.1, -0.05) is 60.7 Å². The zero-order chi connectivity index (χ0) is 15.4. The van der Waals surface area contributed by atoms with Gasteiger partial charge in [0.25, 0.3) is 0 Å². The van der Waals surface area contributed by atoms with Gasteiger partial charge < -0.3 is 5.73 Å². The second kappa shape index (κ2) is 6.21. The molecule has 0 heterocycles. The highest BCUT2D eigenvalue weighted by Crippen LogP contribution is 2.26. The lowest BCUT2D eigenvalue weighted by molar-refractivity contribution is 1.03. The molecule has 0 spiro atoms. The molecule has 106 valence electrons. The second-order valence-corrected chi connectivity index (χ2v) is 5.16. The quantitative estimate of drug-likeness (QED) is 0.735. The summed E-state index contributed by atoms with van der Waals surface area (Å²) in [5.74, 6) is 0. The molecule has 0 saturated carbocycles. The highest BCUT2D eigenvalue weighted by Gasteiger charge is 2.10. The molecule has 2 N–H and O–H groups in total. The lowest BCUT2D eigenvalue weighted by atomic mass is 9.95. The Kier molecular flexibility index (Phi) is 3.95. The second-order valence-electron chi connectivity index (χ2n) is 5.16. The van der Waals surface area contributed by atoms with Crippen molar-refractivity contribution >= 4 is 5.57 Å². The third-order valence-electron chi connectivity index (χ3n) is 3.54. The van der Waals surface area contributed by atoms with E-state index in [1.54, 1.807) is 12.2 Å². The molecular formula is C20H16N2. The van der Waals surface area contributed by atoms with Gasteiger partial charge in [0.2, 0.25) is 0 Å². The summed E-state index contributed by atoms with van der Waals surface area (Å²) >= 11 is 0. The summed E-state index contributed by atoms with van der Waals surface area (Å²) in [5.41, 5.74) is 24.0. The first-order valence-electron chi connectivity index (χ1n) is 7.19. The maximum Gasteiger partial charge on any atom is 0.0653 e. The molecule has 0 bridgehead atoms. The van der Waals surface area contributed by atoms with Crippen molar-refractivity contribution in [2.24, 2.45) is 0 Å². The molecule has 0 atom stereocenters. The lowest BCUT2D eigenvalue weighted by Gasteiger charge is -2.11. The summed E-state index contributed by atoms with van der Waals surface area (Å²) in [6, 6.07) is 20.1. The van der Waals surface area contributed by atoms with Crippen molar-refractivity contribution in [3.63, 3.8) is 0 Å². The summed E-state index contributed by atoms with van der Waals surface area (Å²) in [6.07, 6.45) is 3.80. The van der Waals surface area contributed by atoms with Crippen LogP contribution in [0.1, 0.15) is 17.5 Å². The Labute approximate surface area is 130 Å². The van der Waals surface area contributed by atoms with Gasteiger partial charge in [0.15, 0.2) is 0 Å². The number of hydrogen-bond donors (Lipinski definition) is 0. The van der Waals surface area contributed by atoms with Gasteiger partial charge in [0.1, 0.15) is 0 Å². The molecule has 0 aliphatic heterocycles. The van der Waals surface area contributed by atoms with Crippen LogP contribution in [0.3, 0.4) is 0 Å². The van der Waals surface area contributed by atoms with Crippen LogP contribution in [0.5, 0.6) is 0 Å². The van der Waals surface area contributed by atoms with Crippen molar-refractivity contribution < 1.29 is 0 Å². The zero-order valence-corrected chi connectivity index (χ0v) is 12.1. The fourth-order valence-corrected chi connectivity index (χ4v) is 2.41. The van der Waals surface area contributed by atoms with E-state index in [-0.39, 0.29) is 0 Å². The van der Waals surface area contributed by atoms with E-state index in [1.807, 2.05) is 60.7 Å². The van der Waals surface area contributed by atoms with Crippen molar-refractivity contribution in [3.05, 3.63) is 107 Å². The van der Waals surface area contributed by atoms with Gasteiger partial charge in [-0.2, -0.15) is 0 Å². The largest absolute Gasteiger partial charge is 0.305 e. The number of allylic oxidation sites excluding steroid dienone is 4. The minimum atomic E-state index is 0.431. The first-order chi connectivity index (χ1) is 10.7. The molecule has 2 heteroatoms. The summed E-state index contributed by atoms with van der Waals surface area (Å²) in [7, 11) is 0. The predicted molar refractivity (Wildman–Crippen MR) is 89.4 cm³/mol. The molecule has 2 radical (unpaired) electrons. The van der Waals surface area contributed by atoms with Crippen molar-refractivity contribution in [1.82, 2.24) is 11.5 Å². The smallest absolute Gasteiger partial charge is 0.0653 e.